The minimum atomic E-state index is -0.504. The predicted octanol–water partition coefficient (Wildman–Crippen LogP) is 2.27. The molecule has 1 aromatic rings. The molecular formula is C13H20N2O3. The summed E-state index contributed by atoms with van der Waals surface area (Å²) in [4.78, 5) is 15.4. The van der Waals surface area contributed by atoms with Gasteiger partial charge in [-0.3, -0.25) is 0 Å². The maximum Gasteiger partial charge on any atom is 0.356 e. The zero-order valence-corrected chi connectivity index (χ0v) is 11.3. The van der Waals surface area contributed by atoms with Gasteiger partial charge in [-0.2, -0.15) is 0 Å². The first-order chi connectivity index (χ1) is 8.33. The largest absolute Gasteiger partial charge is 0.476 e. The number of hydrogen-bond donors (Lipinski definition) is 1. The summed E-state index contributed by atoms with van der Waals surface area (Å²) in [5.41, 5.74) is 6.52. The van der Waals surface area contributed by atoms with Crippen LogP contribution in [0.3, 0.4) is 0 Å². The van der Waals surface area contributed by atoms with Gasteiger partial charge >= 0.3 is 5.97 Å². The van der Waals surface area contributed by atoms with Gasteiger partial charge in [-0.25, -0.2) is 9.78 Å². The van der Waals surface area contributed by atoms with E-state index in [1.807, 2.05) is 0 Å². The Balaban J connectivity index is 2.73. The van der Waals surface area contributed by atoms with Crippen LogP contribution in [0.25, 0.3) is 0 Å². The lowest BCUT2D eigenvalue weighted by Crippen LogP contribution is -2.13. The molecule has 1 heterocycles. The minimum absolute atomic E-state index is 0.175. The molecule has 5 heteroatoms. The quantitative estimate of drug-likeness (QED) is 0.832. The number of carbonyl (C=O) groups is 1. The molecule has 2 N–H and O–H groups in total. The van der Waals surface area contributed by atoms with E-state index >= 15 is 0 Å². The Bertz CT molecular complexity index is 425. The average Bonchev–Trinajstić information content (AvgIpc) is 2.29. The second kappa shape index (κ2) is 5.71. The number of hydrogen-bond acceptors (Lipinski definition) is 5. The molecule has 18 heavy (non-hydrogen) atoms. The molecule has 5 nitrogen and oxygen atoms in total. The minimum Gasteiger partial charge on any atom is -0.476 e. The fraction of sp³-hybridized carbons (Fsp3) is 0.538. The third kappa shape index (κ3) is 4.24. The van der Waals surface area contributed by atoms with Crippen LogP contribution < -0.4 is 10.5 Å². The molecule has 0 saturated heterocycles. The lowest BCUT2D eigenvalue weighted by molar-refractivity contribution is 0.0592. The van der Waals surface area contributed by atoms with Crippen molar-refractivity contribution in [3.63, 3.8) is 0 Å². The van der Waals surface area contributed by atoms with Crippen LogP contribution in [0.2, 0.25) is 0 Å². The fourth-order valence-electron chi connectivity index (χ4n) is 1.24. The number of nitrogen functional groups attached to an aromatic ring is 1. The monoisotopic (exact) mass is 252 g/mol. The number of carbonyl (C=O) groups excluding carboxylic acids is 1. The van der Waals surface area contributed by atoms with Crippen LogP contribution in [-0.2, 0) is 4.74 Å². The summed E-state index contributed by atoms with van der Waals surface area (Å²) in [6.45, 7) is 6.87. The molecule has 0 amide bonds. The summed E-state index contributed by atoms with van der Waals surface area (Å²) >= 11 is 0. The second-order valence-corrected chi connectivity index (χ2v) is 5.24. The molecular weight excluding hydrogens is 232 g/mol. The number of nitrogens with two attached hydrogens (primary N) is 1. The first-order valence-corrected chi connectivity index (χ1v) is 5.81. The van der Waals surface area contributed by atoms with Gasteiger partial charge in [-0.15, -0.1) is 0 Å². The third-order valence-corrected chi connectivity index (χ3v) is 2.38. The lowest BCUT2D eigenvalue weighted by atomic mass is 9.93. The number of anilines is 1. The van der Waals surface area contributed by atoms with Crippen molar-refractivity contribution >= 4 is 11.7 Å². The normalized spacial score (nSPS) is 11.1. The summed E-state index contributed by atoms with van der Waals surface area (Å²) in [5, 5.41) is 0. The van der Waals surface area contributed by atoms with Crippen LogP contribution in [0.1, 0.15) is 37.7 Å². The Hall–Kier alpha value is -1.78. The van der Waals surface area contributed by atoms with Crippen LogP contribution >= 0.6 is 0 Å². The third-order valence-electron chi connectivity index (χ3n) is 2.38. The molecule has 0 bridgehead atoms. The van der Waals surface area contributed by atoms with E-state index in [1.54, 1.807) is 6.07 Å². The summed E-state index contributed by atoms with van der Waals surface area (Å²) in [6, 6.07) is 3.10. The highest BCUT2D eigenvalue weighted by Crippen LogP contribution is 2.22. The maximum atomic E-state index is 11.3. The molecule has 0 aliphatic heterocycles. The topological polar surface area (TPSA) is 74.4 Å². The smallest absolute Gasteiger partial charge is 0.356 e. The fourth-order valence-corrected chi connectivity index (χ4v) is 1.24. The molecule has 1 aromatic heterocycles. The molecule has 0 unspecified atom stereocenters. The standard InChI is InChI=1S/C13H20N2O3/c1-13(2,3)7-8-18-11-9(14)5-6-10(15-11)12(16)17-4/h5-6H,7-8,14H2,1-4H3. The van der Waals surface area contributed by atoms with Crippen molar-refractivity contribution in [2.24, 2.45) is 5.41 Å². The van der Waals surface area contributed by atoms with E-state index in [0.717, 1.165) is 6.42 Å². The highest BCUT2D eigenvalue weighted by atomic mass is 16.5. The predicted molar refractivity (Wildman–Crippen MR) is 69.6 cm³/mol. The Morgan fingerprint density at radius 3 is 2.61 bits per heavy atom. The SMILES string of the molecule is COC(=O)c1ccc(N)c(OCCC(C)(C)C)n1. The summed E-state index contributed by atoms with van der Waals surface area (Å²) in [5.74, 6) is -0.224. The van der Waals surface area contributed by atoms with Gasteiger partial charge in [-0.05, 0) is 24.0 Å². The number of ether oxygens (including phenoxy) is 2. The van der Waals surface area contributed by atoms with Crippen molar-refractivity contribution < 1.29 is 14.3 Å². The Morgan fingerprint density at radius 2 is 2.06 bits per heavy atom. The first kappa shape index (κ1) is 14.3. The maximum absolute atomic E-state index is 11.3. The summed E-state index contributed by atoms with van der Waals surface area (Å²) in [6.07, 6.45) is 0.872. The van der Waals surface area contributed by atoms with Crippen LogP contribution in [0, 0.1) is 5.41 Å². The number of rotatable bonds is 4. The van der Waals surface area contributed by atoms with Gasteiger partial charge in [-0.1, -0.05) is 20.8 Å². The van der Waals surface area contributed by atoms with Crippen molar-refractivity contribution in [3.8, 4) is 5.88 Å². The van der Waals surface area contributed by atoms with E-state index in [9.17, 15) is 4.79 Å². The van der Waals surface area contributed by atoms with Crippen molar-refractivity contribution in [2.75, 3.05) is 19.5 Å². The van der Waals surface area contributed by atoms with Gasteiger partial charge < -0.3 is 15.2 Å². The zero-order chi connectivity index (χ0) is 13.8. The van der Waals surface area contributed by atoms with E-state index in [0.29, 0.717) is 12.3 Å². The molecule has 1 rings (SSSR count). The molecule has 0 atom stereocenters. The Kier molecular flexibility index (Phi) is 4.53. The number of esters is 1. The van der Waals surface area contributed by atoms with Crippen LogP contribution in [0.15, 0.2) is 12.1 Å². The first-order valence-electron chi connectivity index (χ1n) is 5.81. The lowest BCUT2D eigenvalue weighted by Gasteiger charge is -2.18. The van der Waals surface area contributed by atoms with Gasteiger partial charge in [0.25, 0.3) is 0 Å². The molecule has 0 spiro atoms. The molecule has 0 saturated carbocycles. The van der Waals surface area contributed by atoms with Crippen LogP contribution in [-0.4, -0.2) is 24.7 Å². The Labute approximate surface area is 107 Å². The number of methoxy groups -OCH3 is 1. The molecule has 0 radical (unpaired) electrons. The van der Waals surface area contributed by atoms with Gasteiger partial charge in [0, 0.05) is 0 Å². The van der Waals surface area contributed by atoms with E-state index in [-0.39, 0.29) is 17.0 Å². The number of nitrogens with zero attached hydrogens (tertiary/aromatic N) is 1. The molecule has 100 valence electrons. The van der Waals surface area contributed by atoms with Gasteiger partial charge in [0.1, 0.15) is 0 Å². The van der Waals surface area contributed by atoms with Gasteiger partial charge in [0.15, 0.2) is 5.69 Å². The summed E-state index contributed by atoms with van der Waals surface area (Å²) < 4.78 is 10.1. The van der Waals surface area contributed by atoms with Crippen molar-refractivity contribution in [3.05, 3.63) is 17.8 Å². The van der Waals surface area contributed by atoms with Crippen molar-refractivity contribution in [1.82, 2.24) is 4.98 Å². The molecule has 0 aliphatic rings. The van der Waals surface area contributed by atoms with E-state index in [4.69, 9.17) is 10.5 Å². The average molecular weight is 252 g/mol. The van der Waals surface area contributed by atoms with Gasteiger partial charge in [0.2, 0.25) is 5.88 Å². The van der Waals surface area contributed by atoms with E-state index in [2.05, 4.69) is 30.5 Å². The second-order valence-electron chi connectivity index (χ2n) is 5.24. The van der Waals surface area contributed by atoms with Crippen LogP contribution in [0.5, 0.6) is 5.88 Å². The van der Waals surface area contributed by atoms with Crippen molar-refractivity contribution in [2.45, 2.75) is 27.2 Å². The van der Waals surface area contributed by atoms with Crippen LogP contribution in [0.4, 0.5) is 5.69 Å². The molecule has 0 aliphatic carbocycles. The highest BCUT2D eigenvalue weighted by Gasteiger charge is 2.13. The number of pyridine rings is 1. The zero-order valence-electron chi connectivity index (χ0n) is 11.3. The Morgan fingerprint density at radius 1 is 1.39 bits per heavy atom. The molecule has 0 fully saturated rings. The van der Waals surface area contributed by atoms with E-state index in [1.165, 1.54) is 13.2 Å². The number of aromatic nitrogens is 1. The summed E-state index contributed by atoms with van der Waals surface area (Å²) in [7, 11) is 1.31. The van der Waals surface area contributed by atoms with Gasteiger partial charge in [0.05, 0.1) is 19.4 Å². The van der Waals surface area contributed by atoms with E-state index < -0.39 is 5.97 Å². The molecule has 0 aromatic carbocycles. The van der Waals surface area contributed by atoms with Crippen molar-refractivity contribution in [1.29, 1.82) is 0 Å². The highest BCUT2D eigenvalue weighted by molar-refractivity contribution is 5.87.